The molecule has 0 atom stereocenters. The fraction of sp³-hybridized carbons (Fsp3) is 0.500. The van der Waals surface area contributed by atoms with E-state index in [1.54, 1.807) is 6.08 Å². The van der Waals surface area contributed by atoms with Gasteiger partial charge in [-0.25, -0.2) is 4.98 Å². The van der Waals surface area contributed by atoms with Crippen molar-refractivity contribution in [2.24, 2.45) is 0 Å². The first-order chi connectivity index (χ1) is 14.9. The molecule has 0 aliphatic carbocycles. The van der Waals surface area contributed by atoms with Gasteiger partial charge in [0, 0.05) is 19.5 Å². The van der Waals surface area contributed by atoms with E-state index in [2.05, 4.69) is 44.9 Å². The van der Waals surface area contributed by atoms with Gasteiger partial charge in [0.1, 0.15) is 5.82 Å². The van der Waals surface area contributed by atoms with Crippen molar-refractivity contribution >= 4 is 23.2 Å². The molecule has 9 heteroatoms. The molecule has 0 spiro atoms. The maximum Gasteiger partial charge on any atom is 0.471 e. The average molecular weight is 435 g/mol. The Hall–Kier alpha value is -2.68. The fourth-order valence-electron chi connectivity index (χ4n) is 3.45. The maximum atomic E-state index is 12.6. The Labute approximate surface area is 179 Å². The zero-order valence-corrected chi connectivity index (χ0v) is 18.1. The molecule has 0 amide bonds. The predicted molar refractivity (Wildman–Crippen MR) is 114 cm³/mol. The number of likely N-dealkylation sites (N-methyl/N-ethyl adjacent to an activating group) is 1. The highest BCUT2D eigenvalue weighted by Crippen LogP contribution is 2.27. The van der Waals surface area contributed by atoms with Crippen LogP contribution in [0.3, 0.4) is 0 Å². The first-order valence-corrected chi connectivity index (χ1v) is 10.7. The number of benzene rings is 1. The zero-order chi connectivity index (χ0) is 22.4. The van der Waals surface area contributed by atoms with E-state index in [0.29, 0.717) is 0 Å². The van der Waals surface area contributed by atoms with Gasteiger partial charge in [0.2, 0.25) is 0 Å². The van der Waals surface area contributed by atoms with Crippen LogP contribution in [0.4, 0.5) is 13.2 Å². The van der Waals surface area contributed by atoms with E-state index in [4.69, 9.17) is 4.98 Å². The van der Waals surface area contributed by atoms with Crippen LogP contribution in [0.25, 0.3) is 23.2 Å². The molecule has 6 nitrogen and oxygen atoms in total. The lowest BCUT2D eigenvalue weighted by molar-refractivity contribution is -0.159. The third kappa shape index (κ3) is 5.72. The molecule has 31 heavy (non-hydrogen) atoms. The van der Waals surface area contributed by atoms with Crippen molar-refractivity contribution in [1.29, 1.82) is 0 Å². The van der Waals surface area contributed by atoms with Crippen LogP contribution in [0.5, 0.6) is 0 Å². The number of aromatic nitrogens is 4. The molecule has 0 aliphatic heterocycles. The van der Waals surface area contributed by atoms with Crippen LogP contribution in [-0.4, -0.2) is 44.2 Å². The number of halogens is 3. The number of unbranched alkanes of at least 4 members (excludes halogenated alkanes) is 1. The highest BCUT2D eigenvalue weighted by atomic mass is 19.4. The van der Waals surface area contributed by atoms with Crippen LogP contribution >= 0.6 is 0 Å². The van der Waals surface area contributed by atoms with Crippen molar-refractivity contribution in [3.8, 4) is 0 Å². The molecular formula is C22H28F3N5O. The topological polar surface area (TPSA) is 60.0 Å². The minimum Gasteiger partial charge on any atom is -0.329 e. The molecule has 2 heterocycles. The lowest BCUT2D eigenvalue weighted by Gasteiger charge is -2.19. The maximum absolute atomic E-state index is 12.6. The van der Waals surface area contributed by atoms with Gasteiger partial charge < -0.3 is 14.0 Å². The molecule has 0 N–H and O–H groups in total. The number of aryl methyl sites for hydroxylation is 1. The smallest absolute Gasteiger partial charge is 0.329 e. The lowest BCUT2D eigenvalue weighted by Crippen LogP contribution is -2.27. The quantitative estimate of drug-likeness (QED) is 0.433. The Morgan fingerprint density at radius 2 is 1.87 bits per heavy atom. The fourth-order valence-corrected chi connectivity index (χ4v) is 3.45. The number of fused-ring (bicyclic) bond motifs is 1. The van der Waals surface area contributed by atoms with Crippen LogP contribution in [0.2, 0.25) is 0 Å². The molecule has 0 bridgehead atoms. The largest absolute Gasteiger partial charge is 0.471 e. The Morgan fingerprint density at radius 3 is 2.52 bits per heavy atom. The first-order valence-electron chi connectivity index (χ1n) is 10.7. The molecule has 0 saturated carbocycles. The number of hydrogen-bond acceptors (Lipinski definition) is 5. The van der Waals surface area contributed by atoms with Crippen molar-refractivity contribution in [2.75, 3.05) is 19.6 Å². The third-order valence-electron chi connectivity index (χ3n) is 5.25. The zero-order valence-electron chi connectivity index (χ0n) is 18.1. The van der Waals surface area contributed by atoms with Gasteiger partial charge in [-0.1, -0.05) is 44.5 Å². The average Bonchev–Trinajstić information content (AvgIpc) is 3.36. The van der Waals surface area contributed by atoms with E-state index in [0.717, 1.165) is 67.9 Å². The molecule has 0 fully saturated rings. The van der Waals surface area contributed by atoms with Crippen LogP contribution in [0.1, 0.15) is 56.7 Å². The molecule has 1 aromatic carbocycles. The highest BCUT2D eigenvalue weighted by molar-refractivity contribution is 5.81. The Kier molecular flexibility index (Phi) is 7.48. The minimum atomic E-state index is -4.65. The standard InChI is InChI=1S/C22H28F3N5O/c1-4-7-8-20-26-17-15-16(10-12-19-27-21(31-28-19)22(23,24)25)9-11-18(17)30(20)14-13-29(5-2)6-3/h9-12,15H,4-8,13-14H2,1-3H3. The molecule has 0 unspecified atom stereocenters. The van der Waals surface area contributed by atoms with Crippen molar-refractivity contribution < 1.29 is 17.7 Å². The summed E-state index contributed by atoms with van der Waals surface area (Å²) in [6, 6.07) is 5.86. The Bertz CT molecular complexity index is 1020. The van der Waals surface area contributed by atoms with Gasteiger partial charge in [-0.3, -0.25) is 0 Å². The Balaban J connectivity index is 1.84. The second-order valence-electron chi connectivity index (χ2n) is 7.35. The normalized spacial score (nSPS) is 12.6. The number of nitrogens with zero attached hydrogens (tertiary/aromatic N) is 5. The molecule has 168 valence electrons. The van der Waals surface area contributed by atoms with Crippen LogP contribution < -0.4 is 0 Å². The van der Waals surface area contributed by atoms with Gasteiger partial charge in [-0.2, -0.15) is 18.2 Å². The SMILES string of the molecule is CCCCc1nc2cc(C=Cc3noc(C(F)(F)F)n3)ccc2n1CCN(CC)CC. The van der Waals surface area contributed by atoms with Crippen molar-refractivity contribution in [3.63, 3.8) is 0 Å². The van der Waals surface area contributed by atoms with Crippen LogP contribution in [0.15, 0.2) is 22.7 Å². The number of alkyl halides is 3. The highest BCUT2D eigenvalue weighted by Gasteiger charge is 2.38. The van der Waals surface area contributed by atoms with E-state index in [1.807, 2.05) is 18.2 Å². The van der Waals surface area contributed by atoms with Crippen LogP contribution in [-0.2, 0) is 19.1 Å². The molecule has 0 radical (unpaired) electrons. The van der Waals surface area contributed by atoms with Gasteiger partial charge in [0.05, 0.1) is 11.0 Å². The molecule has 0 aliphatic rings. The summed E-state index contributed by atoms with van der Waals surface area (Å²) in [5.74, 6) is -0.408. The van der Waals surface area contributed by atoms with Gasteiger partial charge in [0.25, 0.3) is 0 Å². The second kappa shape index (κ2) is 10.1. The van der Waals surface area contributed by atoms with Crippen LogP contribution in [0, 0.1) is 0 Å². The number of hydrogen-bond donors (Lipinski definition) is 0. The molecule has 0 saturated heterocycles. The van der Waals surface area contributed by atoms with Gasteiger partial charge >= 0.3 is 12.1 Å². The summed E-state index contributed by atoms with van der Waals surface area (Å²) in [6.07, 6.45) is 1.49. The summed E-state index contributed by atoms with van der Waals surface area (Å²) in [7, 11) is 0. The number of rotatable bonds is 10. The summed E-state index contributed by atoms with van der Waals surface area (Å²) >= 11 is 0. The van der Waals surface area contributed by atoms with Crippen molar-refractivity contribution in [1.82, 2.24) is 24.6 Å². The molecule has 3 rings (SSSR count). The van der Waals surface area contributed by atoms with Gasteiger partial charge in [-0.05, 0) is 43.3 Å². The van der Waals surface area contributed by atoms with Crippen molar-refractivity contribution in [2.45, 2.75) is 52.8 Å². The van der Waals surface area contributed by atoms with E-state index in [9.17, 15) is 13.2 Å². The predicted octanol–water partition coefficient (Wildman–Crippen LogP) is 5.29. The van der Waals surface area contributed by atoms with E-state index >= 15 is 0 Å². The van der Waals surface area contributed by atoms with E-state index in [-0.39, 0.29) is 5.82 Å². The van der Waals surface area contributed by atoms with E-state index in [1.165, 1.54) is 6.08 Å². The third-order valence-corrected chi connectivity index (χ3v) is 5.25. The summed E-state index contributed by atoms with van der Waals surface area (Å²) in [6.45, 7) is 10.3. The summed E-state index contributed by atoms with van der Waals surface area (Å²) in [5, 5.41) is 3.35. The molecule has 3 aromatic rings. The Morgan fingerprint density at radius 1 is 1.10 bits per heavy atom. The minimum absolute atomic E-state index is 0.124. The summed E-state index contributed by atoms with van der Waals surface area (Å²) in [4.78, 5) is 10.6. The molecular weight excluding hydrogens is 407 g/mol. The van der Waals surface area contributed by atoms with Crippen molar-refractivity contribution in [3.05, 3.63) is 41.3 Å². The molecule has 2 aromatic heterocycles. The van der Waals surface area contributed by atoms with E-state index < -0.39 is 12.1 Å². The van der Waals surface area contributed by atoms with Gasteiger partial charge in [-0.15, -0.1) is 0 Å². The monoisotopic (exact) mass is 435 g/mol. The summed E-state index contributed by atoms with van der Waals surface area (Å²) < 4.78 is 44.3. The van der Waals surface area contributed by atoms with Gasteiger partial charge in [0.15, 0.2) is 5.82 Å². The first kappa shape index (κ1) is 23.0. The number of imidazole rings is 1. The lowest BCUT2D eigenvalue weighted by atomic mass is 10.2. The summed E-state index contributed by atoms with van der Waals surface area (Å²) in [5.41, 5.74) is 2.74. The second-order valence-corrected chi connectivity index (χ2v) is 7.35.